The maximum atomic E-state index is 13.0. The fraction of sp³-hybridized carbons (Fsp3) is 0.455. The number of rotatable bonds is 6. The summed E-state index contributed by atoms with van der Waals surface area (Å²) in [7, 11) is 1.59. The van der Waals surface area contributed by atoms with Gasteiger partial charge in [-0.15, -0.1) is 0 Å². The molecule has 0 saturated carbocycles. The first kappa shape index (κ1) is 21.5. The van der Waals surface area contributed by atoms with Crippen molar-refractivity contribution in [1.82, 2.24) is 10.2 Å². The van der Waals surface area contributed by atoms with E-state index in [1.54, 1.807) is 19.2 Å². The van der Waals surface area contributed by atoms with Crippen LogP contribution in [0.15, 0.2) is 42.5 Å². The Bertz CT molecular complexity index is 786. The number of halogens is 3. The third kappa shape index (κ3) is 5.22. The molecule has 0 radical (unpaired) electrons. The van der Waals surface area contributed by atoms with Crippen molar-refractivity contribution in [3.63, 3.8) is 0 Å². The molecule has 7 heteroatoms. The van der Waals surface area contributed by atoms with Crippen LogP contribution in [-0.2, 0) is 6.18 Å². The lowest BCUT2D eigenvalue weighted by atomic mass is 9.95. The molecule has 1 unspecified atom stereocenters. The Morgan fingerprint density at radius 3 is 2.38 bits per heavy atom. The SMILES string of the molecule is CCOc1ccc(C(c2ccc(C(F)(F)F)cc2)N2CCCNCC2)cc1OC. The topological polar surface area (TPSA) is 33.7 Å². The van der Waals surface area contributed by atoms with Gasteiger partial charge in [-0.1, -0.05) is 18.2 Å². The first-order valence-corrected chi connectivity index (χ1v) is 9.86. The molecule has 0 aromatic heterocycles. The summed E-state index contributed by atoms with van der Waals surface area (Å²) in [5.74, 6) is 1.27. The molecule has 0 amide bonds. The molecule has 4 nitrogen and oxygen atoms in total. The Kier molecular flexibility index (Phi) is 7.03. The van der Waals surface area contributed by atoms with Gasteiger partial charge in [0.1, 0.15) is 0 Å². The third-order valence-corrected chi connectivity index (χ3v) is 5.10. The van der Waals surface area contributed by atoms with Gasteiger partial charge >= 0.3 is 6.18 Å². The molecule has 1 N–H and O–H groups in total. The highest BCUT2D eigenvalue weighted by Gasteiger charge is 2.31. The summed E-state index contributed by atoms with van der Waals surface area (Å²) in [5.41, 5.74) is 1.15. The molecule has 2 aromatic rings. The highest BCUT2D eigenvalue weighted by Crippen LogP contribution is 2.37. The lowest BCUT2D eigenvalue weighted by Crippen LogP contribution is -2.33. The van der Waals surface area contributed by atoms with E-state index in [0.29, 0.717) is 18.1 Å². The number of benzene rings is 2. The van der Waals surface area contributed by atoms with Crippen molar-refractivity contribution < 1.29 is 22.6 Å². The zero-order chi connectivity index (χ0) is 20.9. The maximum Gasteiger partial charge on any atom is 0.416 e. The quantitative estimate of drug-likeness (QED) is 0.763. The van der Waals surface area contributed by atoms with Crippen molar-refractivity contribution in [3.8, 4) is 11.5 Å². The summed E-state index contributed by atoms with van der Waals surface area (Å²) in [6.45, 7) is 5.86. The van der Waals surface area contributed by atoms with Crippen LogP contribution in [0, 0.1) is 0 Å². The fourth-order valence-electron chi connectivity index (χ4n) is 3.72. The van der Waals surface area contributed by atoms with Crippen LogP contribution in [0.5, 0.6) is 11.5 Å². The minimum atomic E-state index is -4.34. The van der Waals surface area contributed by atoms with E-state index < -0.39 is 11.7 Å². The third-order valence-electron chi connectivity index (χ3n) is 5.10. The maximum absolute atomic E-state index is 13.0. The predicted octanol–water partition coefficient (Wildman–Crippen LogP) is 4.50. The molecular weight excluding hydrogens is 381 g/mol. The Hall–Kier alpha value is -2.25. The molecule has 1 heterocycles. The molecule has 1 aliphatic rings. The monoisotopic (exact) mass is 408 g/mol. The first-order valence-electron chi connectivity index (χ1n) is 9.86. The summed E-state index contributed by atoms with van der Waals surface area (Å²) in [4.78, 5) is 2.30. The zero-order valence-corrected chi connectivity index (χ0v) is 16.8. The van der Waals surface area contributed by atoms with Crippen LogP contribution in [0.3, 0.4) is 0 Å². The molecule has 2 aromatic carbocycles. The van der Waals surface area contributed by atoms with Crippen LogP contribution in [0.4, 0.5) is 13.2 Å². The average Bonchev–Trinajstić information content (AvgIpc) is 2.98. The van der Waals surface area contributed by atoms with Gasteiger partial charge in [-0.3, -0.25) is 4.90 Å². The number of ether oxygens (including phenoxy) is 2. The molecule has 158 valence electrons. The van der Waals surface area contributed by atoms with E-state index in [-0.39, 0.29) is 6.04 Å². The summed E-state index contributed by atoms with van der Waals surface area (Å²) < 4.78 is 50.2. The van der Waals surface area contributed by atoms with Gasteiger partial charge in [0.15, 0.2) is 11.5 Å². The van der Waals surface area contributed by atoms with Crippen molar-refractivity contribution in [1.29, 1.82) is 0 Å². The number of methoxy groups -OCH3 is 1. The molecule has 1 fully saturated rings. The van der Waals surface area contributed by atoms with Gasteiger partial charge in [0.05, 0.1) is 25.3 Å². The second kappa shape index (κ2) is 9.50. The minimum absolute atomic E-state index is 0.165. The lowest BCUT2D eigenvalue weighted by molar-refractivity contribution is -0.137. The standard InChI is InChI=1S/C22H27F3N2O2/c1-3-29-19-10-7-17(15-20(19)28-2)21(27-13-4-11-26-12-14-27)16-5-8-18(9-6-16)22(23,24)25/h5-10,15,21,26H,3-4,11-14H2,1-2H3. The molecular formula is C22H27F3N2O2. The fourth-order valence-corrected chi connectivity index (χ4v) is 3.72. The Balaban J connectivity index is 2.01. The number of alkyl halides is 3. The smallest absolute Gasteiger partial charge is 0.416 e. The molecule has 3 rings (SSSR count). The zero-order valence-electron chi connectivity index (χ0n) is 16.8. The van der Waals surface area contributed by atoms with E-state index in [1.807, 2.05) is 25.1 Å². The van der Waals surface area contributed by atoms with Crippen LogP contribution < -0.4 is 14.8 Å². The summed E-state index contributed by atoms with van der Waals surface area (Å²) >= 11 is 0. The van der Waals surface area contributed by atoms with Crippen molar-refractivity contribution >= 4 is 0 Å². The highest BCUT2D eigenvalue weighted by atomic mass is 19.4. The number of hydrogen-bond acceptors (Lipinski definition) is 4. The lowest BCUT2D eigenvalue weighted by Gasteiger charge is -2.32. The van der Waals surface area contributed by atoms with E-state index in [0.717, 1.165) is 55.9 Å². The van der Waals surface area contributed by atoms with Gasteiger partial charge in [-0.25, -0.2) is 0 Å². The molecule has 29 heavy (non-hydrogen) atoms. The van der Waals surface area contributed by atoms with Gasteiger partial charge in [0.2, 0.25) is 0 Å². The van der Waals surface area contributed by atoms with Crippen molar-refractivity contribution in [2.75, 3.05) is 39.9 Å². The van der Waals surface area contributed by atoms with E-state index in [4.69, 9.17) is 9.47 Å². The van der Waals surface area contributed by atoms with Gasteiger partial charge < -0.3 is 14.8 Å². The van der Waals surface area contributed by atoms with E-state index in [2.05, 4.69) is 10.2 Å². The van der Waals surface area contributed by atoms with E-state index in [1.165, 1.54) is 0 Å². The van der Waals surface area contributed by atoms with Gasteiger partial charge in [-0.05, 0) is 55.3 Å². The van der Waals surface area contributed by atoms with Gasteiger partial charge in [-0.2, -0.15) is 13.2 Å². The Morgan fingerprint density at radius 1 is 1.00 bits per heavy atom. The largest absolute Gasteiger partial charge is 0.493 e. The Labute approximate surface area is 169 Å². The average molecular weight is 408 g/mol. The van der Waals surface area contributed by atoms with Crippen molar-refractivity contribution in [3.05, 3.63) is 59.2 Å². The molecule has 1 aliphatic heterocycles. The first-order chi connectivity index (χ1) is 13.9. The van der Waals surface area contributed by atoms with E-state index >= 15 is 0 Å². The van der Waals surface area contributed by atoms with Crippen LogP contribution in [-0.4, -0.2) is 44.8 Å². The summed E-state index contributed by atoms with van der Waals surface area (Å²) in [6.07, 6.45) is -3.37. The number of nitrogens with one attached hydrogen (secondary N) is 1. The predicted molar refractivity (Wildman–Crippen MR) is 107 cm³/mol. The Morgan fingerprint density at radius 2 is 1.72 bits per heavy atom. The molecule has 0 aliphatic carbocycles. The van der Waals surface area contributed by atoms with Crippen molar-refractivity contribution in [2.45, 2.75) is 25.6 Å². The van der Waals surface area contributed by atoms with Gasteiger partial charge in [0.25, 0.3) is 0 Å². The number of hydrogen-bond donors (Lipinski definition) is 1. The van der Waals surface area contributed by atoms with Crippen LogP contribution in [0.2, 0.25) is 0 Å². The molecule has 1 atom stereocenters. The van der Waals surface area contributed by atoms with Crippen LogP contribution >= 0.6 is 0 Å². The summed E-state index contributed by atoms with van der Waals surface area (Å²) in [5, 5.41) is 3.38. The molecule has 0 spiro atoms. The second-order valence-electron chi connectivity index (χ2n) is 7.01. The number of nitrogens with zero attached hydrogens (tertiary/aromatic N) is 1. The van der Waals surface area contributed by atoms with Crippen LogP contribution in [0.25, 0.3) is 0 Å². The summed E-state index contributed by atoms with van der Waals surface area (Å²) in [6, 6.07) is 11.1. The van der Waals surface area contributed by atoms with Crippen LogP contribution in [0.1, 0.15) is 36.1 Å². The highest BCUT2D eigenvalue weighted by molar-refractivity contribution is 5.46. The van der Waals surface area contributed by atoms with E-state index in [9.17, 15) is 13.2 Å². The van der Waals surface area contributed by atoms with Crippen molar-refractivity contribution in [2.24, 2.45) is 0 Å². The molecule has 1 saturated heterocycles. The minimum Gasteiger partial charge on any atom is -0.493 e. The molecule has 0 bridgehead atoms. The van der Waals surface area contributed by atoms with Gasteiger partial charge in [0, 0.05) is 19.6 Å². The normalized spacial score (nSPS) is 16.9. The second-order valence-corrected chi connectivity index (χ2v) is 7.01.